The Morgan fingerprint density at radius 1 is 1.25 bits per heavy atom. The Morgan fingerprint density at radius 3 is 2.58 bits per heavy atom. The van der Waals surface area contributed by atoms with Crippen molar-refractivity contribution in [3.8, 4) is 10.0 Å². The van der Waals surface area contributed by atoms with Gasteiger partial charge >= 0.3 is 0 Å². The van der Waals surface area contributed by atoms with Crippen LogP contribution in [0.2, 0.25) is 0 Å². The summed E-state index contributed by atoms with van der Waals surface area (Å²) in [7, 11) is 0. The molecular formula is C6H2Br2N2S2. The van der Waals surface area contributed by atoms with Gasteiger partial charge in [0.25, 0.3) is 0 Å². The summed E-state index contributed by atoms with van der Waals surface area (Å²) in [4.78, 5) is 8.45. The highest BCUT2D eigenvalue weighted by Gasteiger charge is 2.09. The summed E-state index contributed by atoms with van der Waals surface area (Å²) in [5.74, 6) is 0. The van der Waals surface area contributed by atoms with Crippen LogP contribution < -0.4 is 0 Å². The van der Waals surface area contributed by atoms with Crippen molar-refractivity contribution < 1.29 is 0 Å². The van der Waals surface area contributed by atoms with Gasteiger partial charge in [0.15, 0.2) is 10.0 Å². The van der Waals surface area contributed by atoms with Crippen molar-refractivity contribution >= 4 is 54.5 Å². The number of aromatic nitrogens is 2. The number of nitrogens with zero attached hydrogens (tertiary/aromatic N) is 2. The van der Waals surface area contributed by atoms with Crippen molar-refractivity contribution in [2.75, 3.05) is 0 Å². The SMILES string of the molecule is Brc1nc(-c2nccs2)sc1Br. The Morgan fingerprint density at radius 2 is 2.08 bits per heavy atom. The second-order valence-electron chi connectivity index (χ2n) is 1.92. The number of hydrogen-bond acceptors (Lipinski definition) is 4. The predicted molar refractivity (Wildman–Crippen MR) is 58.6 cm³/mol. The molecule has 0 aliphatic rings. The summed E-state index contributed by atoms with van der Waals surface area (Å²) < 4.78 is 1.85. The number of thiazole rings is 2. The van der Waals surface area contributed by atoms with E-state index in [1.807, 2.05) is 5.38 Å². The highest BCUT2D eigenvalue weighted by atomic mass is 79.9. The molecule has 62 valence electrons. The third kappa shape index (κ3) is 1.61. The molecule has 2 heterocycles. The van der Waals surface area contributed by atoms with Crippen LogP contribution in [0.25, 0.3) is 10.0 Å². The molecule has 0 aromatic carbocycles. The van der Waals surface area contributed by atoms with Crippen LogP contribution in [-0.4, -0.2) is 9.97 Å². The molecule has 2 nitrogen and oxygen atoms in total. The van der Waals surface area contributed by atoms with Crippen LogP contribution in [0.1, 0.15) is 0 Å². The molecule has 0 atom stereocenters. The Balaban J connectivity index is 2.48. The van der Waals surface area contributed by atoms with Gasteiger partial charge in [0.1, 0.15) is 8.39 Å². The molecule has 0 aliphatic heterocycles. The molecular weight excluding hydrogens is 324 g/mol. The zero-order valence-electron chi connectivity index (χ0n) is 5.62. The van der Waals surface area contributed by atoms with E-state index in [0.29, 0.717) is 0 Å². The third-order valence-corrected chi connectivity index (χ3v) is 5.15. The maximum Gasteiger partial charge on any atom is 0.154 e. The fraction of sp³-hybridized carbons (Fsp3) is 0. The lowest BCUT2D eigenvalue weighted by Crippen LogP contribution is -1.70. The molecule has 6 heteroatoms. The number of hydrogen-bond donors (Lipinski definition) is 0. The predicted octanol–water partition coefficient (Wildman–Crippen LogP) is 3.79. The van der Waals surface area contributed by atoms with E-state index in [1.165, 1.54) is 0 Å². The second kappa shape index (κ2) is 3.53. The van der Waals surface area contributed by atoms with Gasteiger partial charge in [0, 0.05) is 11.6 Å². The summed E-state index contributed by atoms with van der Waals surface area (Å²) in [6, 6.07) is 0. The summed E-state index contributed by atoms with van der Waals surface area (Å²) in [6.45, 7) is 0. The molecule has 2 rings (SSSR count). The second-order valence-corrected chi connectivity index (χ2v) is 5.88. The van der Waals surface area contributed by atoms with Gasteiger partial charge in [-0.2, -0.15) is 0 Å². The van der Waals surface area contributed by atoms with E-state index in [2.05, 4.69) is 41.8 Å². The molecule has 0 radical (unpaired) electrons. The van der Waals surface area contributed by atoms with E-state index in [4.69, 9.17) is 0 Å². The van der Waals surface area contributed by atoms with E-state index in [9.17, 15) is 0 Å². The standard InChI is InChI=1S/C6H2Br2N2S2/c7-3-4(8)12-6(10-3)5-9-1-2-11-5/h1-2H. The first-order chi connectivity index (χ1) is 5.77. The minimum absolute atomic E-state index is 0.845. The Labute approximate surface area is 93.9 Å². The van der Waals surface area contributed by atoms with Crippen molar-refractivity contribution in [2.45, 2.75) is 0 Å². The summed E-state index contributed by atoms with van der Waals surface area (Å²) in [5, 5.41) is 3.86. The monoisotopic (exact) mass is 324 g/mol. The Kier molecular flexibility index (Phi) is 2.59. The van der Waals surface area contributed by atoms with Crippen LogP contribution in [0, 0.1) is 0 Å². The molecule has 2 aromatic rings. The fourth-order valence-corrected chi connectivity index (χ4v) is 3.15. The van der Waals surface area contributed by atoms with Gasteiger partial charge < -0.3 is 0 Å². The maximum absolute atomic E-state index is 4.29. The van der Waals surface area contributed by atoms with Gasteiger partial charge in [-0.3, -0.25) is 0 Å². The zero-order valence-corrected chi connectivity index (χ0v) is 10.4. The third-order valence-electron chi connectivity index (χ3n) is 1.16. The molecule has 0 aliphatic carbocycles. The number of halogens is 2. The molecule has 0 saturated carbocycles. The van der Waals surface area contributed by atoms with Gasteiger partial charge in [-0.15, -0.1) is 22.7 Å². The van der Waals surface area contributed by atoms with E-state index in [0.717, 1.165) is 18.4 Å². The largest absolute Gasteiger partial charge is 0.242 e. The first-order valence-corrected chi connectivity index (χ1v) is 6.27. The van der Waals surface area contributed by atoms with Gasteiger partial charge in [-0.1, -0.05) is 0 Å². The Hall–Kier alpha value is 0.220. The van der Waals surface area contributed by atoms with E-state index in [-0.39, 0.29) is 0 Å². The molecule has 12 heavy (non-hydrogen) atoms. The lowest BCUT2D eigenvalue weighted by atomic mass is 10.7. The molecule has 0 saturated heterocycles. The molecule has 0 bridgehead atoms. The van der Waals surface area contributed by atoms with Gasteiger partial charge in [0.05, 0.1) is 0 Å². The average molecular weight is 326 g/mol. The minimum atomic E-state index is 0.845. The molecule has 2 aromatic heterocycles. The Bertz CT molecular complexity index is 363. The topological polar surface area (TPSA) is 25.8 Å². The van der Waals surface area contributed by atoms with Crippen LogP contribution in [0.4, 0.5) is 0 Å². The zero-order chi connectivity index (χ0) is 8.55. The normalized spacial score (nSPS) is 10.5. The highest BCUT2D eigenvalue weighted by molar-refractivity contribution is 9.13. The van der Waals surface area contributed by atoms with Crippen LogP contribution in [0.5, 0.6) is 0 Å². The lowest BCUT2D eigenvalue weighted by Gasteiger charge is -1.82. The smallest absolute Gasteiger partial charge is 0.154 e. The summed E-state index contributed by atoms with van der Waals surface area (Å²) in [6.07, 6.45) is 1.78. The molecule has 0 amide bonds. The van der Waals surface area contributed by atoms with Gasteiger partial charge in [-0.25, -0.2) is 9.97 Å². The number of rotatable bonds is 1. The molecule has 0 N–H and O–H groups in total. The van der Waals surface area contributed by atoms with Gasteiger partial charge in [0.2, 0.25) is 0 Å². The van der Waals surface area contributed by atoms with E-state index >= 15 is 0 Å². The molecule has 0 fully saturated rings. The maximum atomic E-state index is 4.29. The van der Waals surface area contributed by atoms with Crippen molar-refractivity contribution in [1.82, 2.24) is 9.97 Å². The van der Waals surface area contributed by atoms with Crippen molar-refractivity contribution in [3.63, 3.8) is 0 Å². The summed E-state index contributed by atoms with van der Waals surface area (Å²) >= 11 is 9.89. The highest BCUT2D eigenvalue weighted by Crippen LogP contribution is 2.35. The van der Waals surface area contributed by atoms with Crippen molar-refractivity contribution in [3.05, 3.63) is 20.0 Å². The van der Waals surface area contributed by atoms with Crippen LogP contribution in [-0.2, 0) is 0 Å². The fourth-order valence-electron chi connectivity index (χ4n) is 0.703. The van der Waals surface area contributed by atoms with Crippen LogP contribution in [0.3, 0.4) is 0 Å². The van der Waals surface area contributed by atoms with Crippen molar-refractivity contribution in [1.29, 1.82) is 0 Å². The average Bonchev–Trinajstić information content (AvgIpc) is 2.61. The lowest BCUT2D eigenvalue weighted by molar-refractivity contribution is 1.32. The first kappa shape index (κ1) is 8.80. The van der Waals surface area contributed by atoms with E-state index in [1.54, 1.807) is 28.9 Å². The molecule has 0 spiro atoms. The van der Waals surface area contributed by atoms with Crippen LogP contribution >= 0.6 is 54.5 Å². The quantitative estimate of drug-likeness (QED) is 0.797. The molecule has 0 unspecified atom stereocenters. The minimum Gasteiger partial charge on any atom is -0.242 e. The first-order valence-electron chi connectivity index (χ1n) is 2.99. The van der Waals surface area contributed by atoms with Gasteiger partial charge in [-0.05, 0) is 31.9 Å². The van der Waals surface area contributed by atoms with Crippen LogP contribution in [0.15, 0.2) is 20.0 Å². The van der Waals surface area contributed by atoms with E-state index < -0.39 is 0 Å². The van der Waals surface area contributed by atoms with Crippen molar-refractivity contribution in [2.24, 2.45) is 0 Å². The summed E-state index contributed by atoms with van der Waals surface area (Å²) in [5.41, 5.74) is 0.